The first-order chi connectivity index (χ1) is 10.5. The van der Waals surface area contributed by atoms with Crippen molar-refractivity contribution in [1.29, 1.82) is 0 Å². The number of ether oxygens (including phenoxy) is 2. The van der Waals surface area contributed by atoms with Crippen LogP contribution in [-0.2, 0) is 14.3 Å². The fourth-order valence-electron chi connectivity index (χ4n) is 1.90. The van der Waals surface area contributed by atoms with Gasteiger partial charge in [0.05, 0.1) is 25.4 Å². The van der Waals surface area contributed by atoms with Crippen LogP contribution in [0.2, 0.25) is 0 Å². The summed E-state index contributed by atoms with van der Waals surface area (Å²) in [7, 11) is 0. The summed E-state index contributed by atoms with van der Waals surface area (Å²) in [5.41, 5.74) is 0. The first-order valence-electron chi connectivity index (χ1n) is 7.64. The Bertz CT molecular complexity index is 441. The van der Waals surface area contributed by atoms with Gasteiger partial charge in [-0.15, -0.1) is 0 Å². The fraction of sp³-hybridized carbons (Fsp3) is 0.625. The van der Waals surface area contributed by atoms with Gasteiger partial charge in [0.1, 0.15) is 0 Å². The maximum absolute atomic E-state index is 12.3. The SMILES string of the molecule is CCOC(=O)CCN(CCCOC(C)C)C(=O)c1ccco1. The standard InChI is InChI=1S/C16H25NO5/c1-4-20-15(18)8-10-17(9-6-12-21-13(2)3)16(19)14-7-5-11-22-14/h5,7,11,13H,4,6,8-10,12H2,1-3H3. The number of furan rings is 1. The number of amides is 1. The van der Waals surface area contributed by atoms with E-state index < -0.39 is 0 Å². The molecule has 0 aliphatic heterocycles. The quantitative estimate of drug-likeness (QED) is 0.490. The molecular weight excluding hydrogens is 286 g/mol. The van der Waals surface area contributed by atoms with Crippen LogP contribution < -0.4 is 0 Å². The summed E-state index contributed by atoms with van der Waals surface area (Å²) in [5.74, 6) is -0.259. The van der Waals surface area contributed by atoms with Crippen LogP contribution in [0.1, 0.15) is 44.2 Å². The number of esters is 1. The van der Waals surface area contributed by atoms with Gasteiger partial charge in [0.15, 0.2) is 5.76 Å². The Morgan fingerprint density at radius 2 is 2.09 bits per heavy atom. The Labute approximate surface area is 131 Å². The monoisotopic (exact) mass is 311 g/mol. The Morgan fingerprint density at radius 1 is 1.32 bits per heavy atom. The summed E-state index contributed by atoms with van der Waals surface area (Å²) in [6.45, 7) is 7.41. The van der Waals surface area contributed by atoms with Crippen LogP contribution in [0.3, 0.4) is 0 Å². The Morgan fingerprint density at radius 3 is 2.68 bits per heavy atom. The first-order valence-corrected chi connectivity index (χ1v) is 7.64. The van der Waals surface area contributed by atoms with Crippen LogP contribution in [0.4, 0.5) is 0 Å². The highest BCUT2D eigenvalue weighted by Crippen LogP contribution is 2.08. The minimum absolute atomic E-state index is 0.161. The normalized spacial score (nSPS) is 10.7. The fourth-order valence-corrected chi connectivity index (χ4v) is 1.90. The molecule has 0 saturated carbocycles. The van der Waals surface area contributed by atoms with Crippen molar-refractivity contribution in [3.05, 3.63) is 24.2 Å². The molecule has 1 heterocycles. The van der Waals surface area contributed by atoms with Gasteiger partial charge in [-0.2, -0.15) is 0 Å². The van der Waals surface area contributed by atoms with E-state index in [9.17, 15) is 9.59 Å². The third kappa shape index (κ3) is 6.76. The highest BCUT2D eigenvalue weighted by molar-refractivity contribution is 5.91. The first kappa shape index (κ1) is 18.2. The van der Waals surface area contributed by atoms with E-state index in [-0.39, 0.29) is 30.2 Å². The van der Waals surface area contributed by atoms with E-state index in [0.29, 0.717) is 32.7 Å². The van der Waals surface area contributed by atoms with Gasteiger partial charge in [-0.3, -0.25) is 9.59 Å². The molecule has 0 aromatic carbocycles. The average molecular weight is 311 g/mol. The average Bonchev–Trinajstić information content (AvgIpc) is 3.00. The van der Waals surface area contributed by atoms with Gasteiger partial charge in [0.2, 0.25) is 0 Å². The lowest BCUT2D eigenvalue weighted by atomic mass is 10.3. The summed E-state index contributed by atoms with van der Waals surface area (Å²) in [4.78, 5) is 25.4. The molecule has 0 aliphatic rings. The van der Waals surface area contributed by atoms with E-state index in [1.54, 1.807) is 24.0 Å². The van der Waals surface area contributed by atoms with Crippen LogP contribution in [0.5, 0.6) is 0 Å². The van der Waals surface area contributed by atoms with E-state index in [1.165, 1.54) is 6.26 Å². The summed E-state index contributed by atoms with van der Waals surface area (Å²) < 4.78 is 15.5. The smallest absolute Gasteiger partial charge is 0.307 e. The van der Waals surface area contributed by atoms with Gasteiger partial charge in [-0.25, -0.2) is 0 Å². The van der Waals surface area contributed by atoms with E-state index in [2.05, 4.69) is 0 Å². The van der Waals surface area contributed by atoms with Crippen molar-refractivity contribution in [2.45, 2.75) is 39.7 Å². The molecule has 0 unspecified atom stereocenters. The molecule has 1 amide bonds. The second kappa shape index (κ2) is 10.00. The molecule has 0 fully saturated rings. The van der Waals surface area contributed by atoms with Crippen molar-refractivity contribution in [2.24, 2.45) is 0 Å². The molecule has 0 N–H and O–H groups in total. The number of nitrogens with zero attached hydrogens (tertiary/aromatic N) is 1. The molecule has 0 radical (unpaired) electrons. The lowest BCUT2D eigenvalue weighted by Crippen LogP contribution is -2.34. The van der Waals surface area contributed by atoms with E-state index in [4.69, 9.17) is 13.9 Å². The largest absolute Gasteiger partial charge is 0.466 e. The van der Waals surface area contributed by atoms with Crippen LogP contribution in [0.25, 0.3) is 0 Å². The van der Waals surface area contributed by atoms with Gasteiger partial charge in [0.25, 0.3) is 5.91 Å². The van der Waals surface area contributed by atoms with E-state index in [1.807, 2.05) is 13.8 Å². The van der Waals surface area contributed by atoms with Gasteiger partial charge < -0.3 is 18.8 Å². The Kier molecular flexibility index (Phi) is 8.28. The molecule has 0 spiro atoms. The molecule has 124 valence electrons. The van der Waals surface area contributed by atoms with Crippen LogP contribution in [0.15, 0.2) is 22.8 Å². The van der Waals surface area contributed by atoms with Crippen LogP contribution in [0, 0.1) is 0 Å². The summed E-state index contributed by atoms with van der Waals surface area (Å²) >= 11 is 0. The van der Waals surface area contributed by atoms with Crippen molar-refractivity contribution in [2.75, 3.05) is 26.3 Å². The lowest BCUT2D eigenvalue weighted by Gasteiger charge is -2.21. The molecule has 0 bridgehead atoms. The minimum Gasteiger partial charge on any atom is -0.466 e. The summed E-state index contributed by atoms with van der Waals surface area (Å²) in [6, 6.07) is 3.28. The number of carbonyl (C=O) groups excluding carboxylic acids is 2. The second-order valence-corrected chi connectivity index (χ2v) is 5.10. The molecule has 0 saturated heterocycles. The van der Waals surface area contributed by atoms with Gasteiger partial charge in [0, 0.05) is 19.7 Å². The van der Waals surface area contributed by atoms with Crippen molar-refractivity contribution < 1.29 is 23.5 Å². The number of hydrogen-bond acceptors (Lipinski definition) is 5. The van der Waals surface area contributed by atoms with Crippen molar-refractivity contribution >= 4 is 11.9 Å². The third-order valence-corrected chi connectivity index (χ3v) is 2.93. The number of carbonyl (C=O) groups is 2. The molecule has 1 aromatic heterocycles. The topological polar surface area (TPSA) is 69.0 Å². The zero-order valence-electron chi connectivity index (χ0n) is 13.5. The number of hydrogen-bond donors (Lipinski definition) is 0. The molecule has 6 heteroatoms. The zero-order chi connectivity index (χ0) is 16.4. The second-order valence-electron chi connectivity index (χ2n) is 5.10. The molecule has 1 aromatic rings. The third-order valence-electron chi connectivity index (χ3n) is 2.93. The highest BCUT2D eigenvalue weighted by atomic mass is 16.5. The molecule has 1 rings (SSSR count). The molecule has 0 aliphatic carbocycles. The van der Waals surface area contributed by atoms with Gasteiger partial charge >= 0.3 is 5.97 Å². The van der Waals surface area contributed by atoms with Crippen LogP contribution in [-0.4, -0.2) is 49.2 Å². The highest BCUT2D eigenvalue weighted by Gasteiger charge is 2.19. The molecule has 6 nitrogen and oxygen atoms in total. The maximum Gasteiger partial charge on any atom is 0.307 e. The van der Waals surface area contributed by atoms with Gasteiger partial charge in [-0.1, -0.05) is 0 Å². The zero-order valence-corrected chi connectivity index (χ0v) is 13.5. The Hall–Kier alpha value is -1.82. The summed E-state index contributed by atoms with van der Waals surface area (Å²) in [5, 5.41) is 0. The maximum atomic E-state index is 12.3. The molecular formula is C16H25NO5. The molecule has 0 atom stereocenters. The lowest BCUT2D eigenvalue weighted by molar-refractivity contribution is -0.143. The minimum atomic E-state index is -0.307. The van der Waals surface area contributed by atoms with E-state index in [0.717, 1.165) is 0 Å². The van der Waals surface area contributed by atoms with Crippen LogP contribution >= 0.6 is 0 Å². The van der Waals surface area contributed by atoms with Crippen molar-refractivity contribution in [3.8, 4) is 0 Å². The van der Waals surface area contributed by atoms with Crippen molar-refractivity contribution in [3.63, 3.8) is 0 Å². The number of rotatable bonds is 10. The van der Waals surface area contributed by atoms with Crippen molar-refractivity contribution in [1.82, 2.24) is 4.90 Å². The summed E-state index contributed by atoms with van der Waals surface area (Å²) in [6.07, 6.45) is 2.49. The van der Waals surface area contributed by atoms with E-state index >= 15 is 0 Å². The predicted octanol–water partition coefficient (Wildman–Crippen LogP) is 2.49. The predicted molar refractivity (Wildman–Crippen MR) is 81.6 cm³/mol. The van der Waals surface area contributed by atoms with Gasteiger partial charge in [-0.05, 0) is 39.3 Å². The Balaban J connectivity index is 2.52. The molecule has 22 heavy (non-hydrogen) atoms.